The van der Waals surface area contributed by atoms with Crippen LogP contribution < -0.4 is 10.7 Å². The van der Waals surface area contributed by atoms with E-state index in [0.29, 0.717) is 16.9 Å². The minimum atomic E-state index is -0.0497. The fourth-order valence-corrected chi connectivity index (χ4v) is 3.40. The molecule has 0 aliphatic heterocycles. The molecule has 0 aliphatic carbocycles. The number of carbonyl (C=O) groups is 1. The molecule has 3 aromatic rings. The highest BCUT2D eigenvalue weighted by molar-refractivity contribution is 7.99. The summed E-state index contributed by atoms with van der Waals surface area (Å²) in [5, 5.41) is 3.56. The van der Waals surface area contributed by atoms with E-state index in [1.165, 1.54) is 11.8 Å². The molecular weight excluding hydrogens is 332 g/mol. The van der Waals surface area contributed by atoms with Crippen molar-refractivity contribution in [3.8, 4) is 0 Å². The first-order valence-corrected chi connectivity index (χ1v) is 9.25. The van der Waals surface area contributed by atoms with E-state index in [9.17, 15) is 9.59 Å². The van der Waals surface area contributed by atoms with Crippen molar-refractivity contribution >= 4 is 34.3 Å². The Labute approximate surface area is 150 Å². The number of aryl methyl sites for hydroxylation is 2. The number of H-pyrrole nitrogens is 1. The monoisotopic (exact) mass is 352 g/mol. The first-order chi connectivity index (χ1) is 12.0. The van der Waals surface area contributed by atoms with Crippen molar-refractivity contribution in [2.75, 3.05) is 11.1 Å². The number of rotatable bonds is 5. The lowest BCUT2D eigenvalue weighted by molar-refractivity contribution is -0.113. The summed E-state index contributed by atoms with van der Waals surface area (Å²) in [6, 6.07) is 14.8. The maximum Gasteiger partial charge on any atom is 0.234 e. The number of hydrogen-bond donors (Lipinski definition) is 2. The quantitative estimate of drug-likeness (QED) is 0.729. The number of para-hydroxylation sites is 1. The third kappa shape index (κ3) is 4.12. The van der Waals surface area contributed by atoms with Crippen LogP contribution in [0.3, 0.4) is 0 Å². The number of hydrogen-bond acceptors (Lipinski definition) is 3. The van der Waals surface area contributed by atoms with Gasteiger partial charge in [-0.05, 0) is 43.2 Å². The number of amides is 1. The summed E-state index contributed by atoms with van der Waals surface area (Å²) in [7, 11) is 0. The normalized spacial score (nSPS) is 10.8. The molecule has 0 spiro atoms. The summed E-state index contributed by atoms with van der Waals surface area (Å²) < 4.78 is 0. The van der Waals surface area contributed by atoms with E-state index in [1.807, 2.05) is 56.3 Å². The van der Waals surface area contributed by atoms with E-state index in [4.69, 9.17) is 0 Å². The first kappa shape index (κ1) is 17.3. The predicted octanol–water partition coefficient (Wildman–Crippen LogP) is 4.02. The average molecular weight is 352 g/mol. The van der Waals surface area contributed by atoms with Crippen molar-refractivity contribution in [1.29, 1.82) is 0 Å². The van der Waals surface area contributed by atoms with Gasteiger partial charge in [-0.1, -0.05) is 24.3 Å². The molecule has 5 heteroatoms. The number of aromatic nitrogens is 1. The predicted molar refractivity (Wildman–Crippen MR) is 105 cm³/mol. The molecule has 0 aliphatic rings. The van der Waals surface area contributed by atoms with Gasteiger partial charge in [-0.25, -0.2) is 0 Å². The molecule has 0 atom stereocenters. The maximum atomic E-state index is 12.3. The lowest BCUT2D eigenvalue weighted by atomic mass is 10.0. The van der Waals surface area contributed by atoms with E-state index in [-0.39, 0.29) is 11.3 Å². The Morgan fingerprint density at radius 3 is 2.64 bits per heavy atom. The van der Waals surface area contributed by atoms with Gasteiger partial charge in [0.25, 0.3) is 0 Å². The van der Waals surface area contributed by atoms with Gasteiger partial charge in [0.15, 0.2) is 5.43 Å². The fraction of sp³-hybridized carbons (Fsp3) is 0.200. The summed E-state index contributed by atoms with van der Waals surface area (Å²) in [6.07, 6.45) is 0. The molecule has 128 valence electrons. The number of pyridine rings is 1. The fourth-order valence-electron chi connectivity index (χ4n) is 2.66. The number of fused-ring (bicyclic) bond motifs is 1. The molecule has 4 nitrogen and oxygen atoms in total. The summed E-state index contributed by atoms with van der Waals surface area (Å²) in [5.74, 6) is 0.870. The van der Waals surface area contributed by atoms with Crippen LogP contribution in [0.1, 0.15) is 16.8 Å². The largest absolute Gasteiger partial charge is 0.357 e. The van der Waals surface area contributed by atoms with E-state index in [0.717, 1.165) is 28.0 Å². The first-order valence-electron chi connectivity index (χ1n) is 8.09. The Hall–Kier alpha value is -2.53. The summed E-state index contributed by atoms with van der Waals surface area (Å²) in [5.41, 5.74) is 4.76. The van der Waals surface area contributed by atoms with Gasteiger partial charge in [0.05, 0.1) is 11.3 Å². The summed E-state index contributed by atoms with van der Waals surface area (Å²) in [4.78, 5) is 27.6. The number of aromatic amines is 1. The Morgan fingerprint density at radius 2 is 1.88 bits per heavy atom. The van der Waals surface area contributed by atoms with E-state index < -0.39 is 0 Å². The van der Waals surface area contributed by atoms with Crippen molar-refractivity contribution < 1.29 is 4.79 Å². The van der Waals surface area contributed by atoms with Crippen molar-refractivity contribution in [3.05, 3.63) is 75.6 Å². The Bertz CT molecular complexity index is 965. The Balaban J connectivity index is 1.66. The standard InChI is InChI=1S/C20H20N2O2S/c1-13-8-9-17-18(23)10-16(22-20(17)14(13)2)11-25-12-19(24)21-15-6-4-3-5-7-15/h3-10H,11-12H2,1-2H3,(H,21,24)(H,22,23). The zero-order valence-corrected chi connectivity index (χ0v) is 15.1. The number of anilines is 1. The van der Waals surface area contributed by atoms with Crippen LogP contribution in [0.4, 0.5) is 5.69 Å². The minimum absolute atomic E-state index is 0.0150. The van der Waals surface area contributed by atoms with Gasteiger partial charge in [0.2, 0.25) is 5.91 Å². The minimum Gasteiger partial charge on any atom is -0.357 e. The zero-order valence-electron chi connectivity index (χ0n) is 14.3. The van der Waals surface area contributed by atoms with Crippen molar-refractivity contribution in [2.45, 2.75) is 19.6 Å². The van der Waals surface area contributed by atoms with Gasteiger partial charge >= 0.3 is 0 Å². The second-order valence-corrected chi connectivity index (χ2v) is 6.98. The molecule has 0 bridgehead atoms. The Morgan fingerprint density at radius 1 is 1.12 bits per heavy atom. The zero-order chi connectivity index (χ0) is 17.8. The topological polar surface area (TPSA) is 62.0 Å². The van der Waals surface area contributed by atoms with Crippen LogP contribution in [0.2, 0.25) is 0 Å². The number of benzene rings is 2. The lowest BCUT2D eigenvalue weighted by Gasteiger charge is -2.09. The molecule has 3 rings (SSSR count). The van der Waals surface area contributed by atoms with Crippen LogP contribution in [0.15, 0.2) is 53.3 Å². The number of carbonyl (C=O) groups excluding carboxylic acids is 1. The van der Waals surface area contributed by atoms with Gasteiger partial charge < -0.3 is 10.3 Å². The van der Waals surface area contributed by atoms with Crippen molar-refractivity contribution in [1.82, 2.24) is 4.98 Å². The van der Waals surface area contributed by atoms with Gasteiger partial charge in [0.1, 0.15) is 0 Å². The van der Waals surface area contributed by atoms with Crippen LogP contribution in [0, 0.1) is 13.8 Å². The van der Waals surface area contributed by atoms with Gasteiger partial charge in [-0.2, -0.15) is 0 Å². The van der Waals surface area contributed by atoms with Crippen LogP contribution >= 0.6 is 11.8 Å². The van der Waals surface area contributed by atoms with Crippen LogP contribution in [-0.2, 0) is 10.5 Å². The molecule has 0 fully saturated rings. The van der Waals surface area contributed by atoms with E-state index in [1.54, 1.807) is 6.07 Å². The highest BCUT2D eigenvalue weighted by Gasteiger charge is 2.08. The lowest BCUT2D eigenvalue weighted by Crippen LogP contribution is -2.14. The molecule has 25 heavy (non-hydrogen) atoms. The summed E-state index contributed by atoms with van der Waals surface area (Å²) >= 11 is 1.48. The van der Waals surface area contributed by atoms with Crippen LogP contribution in [-0.4, -0.2) is 16.6 Å². The molecule has 1 aromatic heterocycles. The molecule has 1 heterocycles. The smallest absolute Gasteiger partial charge is 0.234 e. The third-order valence-electron chi connectivity index (χ3n) is 4.14. The second-order valence-electron chi connectivity index (χ2n) is 6.00. The maximum absolute atomic E-state index is 12.3. The molecular formula is C20H20N2O2S. The molecule has 0 unspecified atom stereocenters. The Kier molecular flexibility index (Phi) is 5.24. The molecule has 0 radical (unpaired) electrons. The SMILES string of the molecule is Cc1ccc2c(=O)cc(CSCC(=O)Nc3ccccc3)[nH]c2c1C. The second kappa shape index (κ2) is 7.57. The molecule has 0 saturated carbocycles. The van der Waals surface area contributed by atoms with E-state index >= 15 is 0 Å². The third-order valence-corrected chi connectivity index (χ3v) is 5.12. The van der Waals surface area contributed by atoms with Gasteiger partial charge in [0, 0.05) is 28.6 Å². The molecule has 2 N–H and O–H groups in total. The van der Waals surface area contributed by atoms with Gasteiger partial charge in [-0.3, -0.25) is 9.59 Å². The van der Waals surface area contributed by atoms with Crippen LogP contribution in [0.5, 0.6) is 0 Å². The average Bonchev–Trinajstić information content (AvgIpc) is 2.59. The highest BCUT2D eigenvalue weighted by Crippen LogP contribution is 2.19. The number of thioether (sulfide) groups is 1. The molecule has 2 aromatic carbocycles. The van der Waals surface area contributed by atoms with Gasteiger partial charge in [-0.15, -0.1) is 11.8 Å². The van der Waals surface area contributed by atoms with Crippen molar-refractivity contribution in [3.63, 3.8) is 0 Å². The molecule has 1 amide bonds. The number of nitrogens with one attached hydrogen (secondary N) is 2. The van der Waals surface area contributed by atoms with Crippen LogP contribution in [0.25, 0.3) is 10.9 Å². The van der Waals surface area contributed by atoms with E-state index in [2.05, 4.69) is 10.3 Å². The summed E-state index contributed by atoms with van der Waals surface area (Å²) in [6.45, 7) is 4.04. The highest BCUT2D eigenvalue weighted by atomic mass is 32.2. The van der Waals surface area contributed by atoms with Crippen molar-refractivity contribution in [2.24, 2.45) is 0 Å². The molecule has 0 saturated heterocycles.